The van der Waals surface area contributed by atoms with Crippen LogP contribution < -0.4 is 10.6 Å². The average molecular weight is 210 g/mol. The molecule has 0 aromatic carbocycles. The van der Waals surface area contributed by atoms with E-state index in [1.807, 2.05) is 6.92 Å². The van der Waals surface area contributed by atoms with Crippen LogP contribution >= 0.6 is 0 Å². The summed E-state index contributed by atoms with van der Waals surface area (Å²) >= 11 is 0. The van der Waals surface area contributed by atoms with Crippen molar-refractivity contribution in [2.45, 2.75) is 38.6 Å². The number of ketones is 1. The minimum absolute atomic E-state index is 0.165. The summed E-state index contributed by atoms with van der Waals surface area (Å²) in [7, 11) is 0. The van der Waals surface area contributed by atoms with Crippen LogP contribution in [0.1, 0.15) is 32.6 Å². The summed E-state index contributed by atoms with van der Waals surface area (Å²) in [6.07, 6.45) is 4.37. The third-order valence-corrected chi connectivity index (χ3v) is 3.95. The molecule has 0 radical (unpaired) electrons. The van der Waals surface area contributed by atoms with Gasteiger partial charge < -0.3 is 10.6 Å². The van der Waals surface area contributed by atoms with E-state index in [9.17, 15) is 4.79 Å². The van der Waals surface area contributed by atoms with Gasteiger partial charge >= 0.3 is 0 Å². The molecule has 0 bridgehead atoms. The molecule has 15 heavy (non-hydrogen) atoms. The van der Waals surface area contributed by atoms with Crippen molar-refractivity contribution < 1.29 is 4.79 Å². The molecule has 2 aliphatic heterocycles. The molecule has 0 amide bonds. The Kier molecular flexibility index (Phi) is 3.76. The van der Waals surface area contributed by atoms with Crippen LogP contribution in [0.4, 0.5) is 0 Å². The number of carbonyl (C=O) groups is 1. The lowest BCUT2D eigenvalue weighted by Gasteiger charge is -2.31. The van der Waals surface area contributed by atoms with E-state index in [4.69, 9.17) is 0 Å². The second kappa shape index (κ2) is 5.08. The fraction of sp³-hybridized carbons (Fsp3) is 0.917. The molecule has 3 nitrogen and oxygen atoms in total. The van der Waals surface area contributed by atoms with Crippen LogP contribution in [0.15, 0.2) is 0 Å². The highest BCUT2D eigenvalue weighted by molar-refractivity contribution is 5.84. The van der Waals surface area contributed by atoms with Gasteiger partial charge in [0, 0.05) is 6.42 Å². The first-order chi connectivity index (χ1) is 7.33. The highest BCUT2D eigenvalue weighted by atomic mass is 16.1. The summed E-state index contributed by atoms with van der Waals surface area (Å²) in [4.78, 5) is 11.8. The van der Waals surface area contributed by atoms with E-state index in [-0.39, 0.29) is 6.04 Å². The largest absolute Gasteiger partial charge is 0.317 e. The summed E-state index contributed by atoms with van der Waals surface area (Å²) in [6, 6.07) is 0.165. The maximum atomic E-state index is 11.8. The van der Waals surface area contributed by atoms with Crippen LogP contribution in [0.2, 0.25) is 0 Å². The maximum absolute atomic E-state index is 11.8. The summed E-state index contributed by atoms with van der Waals surface area (Å²) in [5.74, 6) is 1.79. The van der Waals surface area contributed by atoms with Gasteiger partial charge in [-0.2, -0.15) is 0 Å². The monoisotopic (exact) mass is 210 g/mol. The topological polar surface area (TPSA) is 41.1 Å². The summed E-state index contributed by atoms with van der Waals surface area (Å²) in [5, 5.41) is 6.78. The molecular formula is C12H22N2O. The number of hydrogen-bond donors (Lipinski definition) is 2. The molecule has 1 unspecified atom stereocenters. The first-order valence-corrected chi connectivity index (χ1v) is 6.29. The number of carbonyl (C=O) groups excluding carboxylic acids is 1. The van der Waals surface area contributed by atoms with Crippen molar-refractivity contribution in [1.29, 1.82) is 0 Å². The molecule has 2 saturated heterocycles. The molecule has 2 aliphatic rings. The highest BCUT2D eigenvalue weighted by Crippen LogP contribution is 2.31. The van der Waals surface area contributed by atoms with Crippen LogP contribution in [0.5, 0.6) is 0 Å². The van der Waals surface area contributed by atoms with Crippen LogP contribution in [0.25, 0.3) is 0 Å². The third-order valence-electron chi connectivity index (χ3n) is 3.95. The van der Waals surface area contributed by atoms with Crippen molar-refractivity contribution in [3.8, 4) is 0 Å². The molecule has 3 heteroatoms. The quantitative estimate of drug-likeness (QED) is 0.728. The van der Waals surface area contributed by atoms with E-state index in [2.05, 4.69) is 10.6 Å². The number of Topliss-reactive ketones (excluding diaryl/α,β-unsaturated/α-hetero) is 1. The van der Waals surface area contributed by atoms with Crippen molar-refractivity contribution in [3.63, 3.8) is 0 Å². The number of hydrogen-bond acceptors (Lipinski definition) is 3. The standard InChI is InChI=1S/C12H22N2O/c1-2-11(15)12-10(5-8-14-12)9-3-6-13-7-4-9/h9-10,12-14H,2-8H2,1H3/t10?,12-/m0/s1. The SMILES string of the molecule is CCC(=O)[C@H]1NCCC1C1CCNCC1. The van der Waals surface area contributed by atoms with Crippen molar-refractivity contribution >= 4 is 5.78 Å². The fourth-order valence-electron chi connectivity index (χ4n) is 3.08. The molecule has 2 heterocycles. The van der Waals surface area contributed by atoms with Crippen LogP contribution in [0.3, 0.4) is 0 Å². The second-order valence-electron chi connectivity index (χ2n) is 4.79. The zero-order chi connectivity index (χ0) is 10.7. The van der Waals surface area contributed by atoms with Gasteiger partial charge in [0.15, 0.2) is 0 Å². The van der Waals surface area contributed by atoms with Gasteiger partial charge in [0.1, 0.15) is 5.78 Å². The predicted molar refractivity (Wildman–Crippen MR) is 60.8 cm³/mol. The van der Waals surface area contributed by atoms with Crippen molar-refractivity contribution in [2.24, 2.45) is 11.8 Å². The summed E-state index contributed by atoms with van der Waals surface area (Å²) < 4.78 is 0. The van der Waals surface area contributed by atoms with Gasteiger partial charge in [-0.05, 0) is 50.7 Å². The van der Waals surface area contributed by atoms with E-state index >= 15 is 0 Å². The van der Waals surface area contributed by atoms with Gasteiger partial charge in [-0.15, -0.1) is 0 Å². The van der Waals surface area contributed by atoms with E-state index in [1.165, 1.54) is 19.3 Å². The second-order valence-corrected chi connectivity index (χ2v) is 4.79. The summed E-state index contributed by atoms with van der Waals surface area (Å²) in [6.45, 7) is 5.27. The van der Waals surface area contributed by atoms with Gasteiger partial charge in [0.05, 0.1) is 6.04 Å². The predicted octanol–water partition coefficient (Wildman–Crippen LogP) is 0.943. The van der Waals surface area contributed by atoms with E-state index in [0.29, 0.717) is 18.1 Å². The van der Waals surface area contributed by atoms with E-state index in [0.717, 1.165) is 25.6 Å². The zero-order valence-electron chi connectivity index (χ0n) is 9.59. The Morgan fingerprint density at radius 1 is 1.20 bits per heavy atom. The Morgan fingerprint density at radius 3 is 2.60 bits per heavy atom. The Balaban J connectivity index is 1.97. The fourth-order valence-corrected chi connectivity index (χ4v) is 3.08. The molecule has 2 rings (SSSR count). The van der Waals surface area contributed by atoms with Crippen molar-refractivity contribution in [3.05, 3.63) is 0 Å². The van der Waals surface area contributed by atoms with Crippen molar-refractivity contribution in [1.82, 2.24) is 10.6 Å². The Labute approximate surface area is 92.0 Å². The van der Waals surface area contributed by atoms with Gasteiger partial charge in [-0.1, -0.05) is 6.92 Å². The molecular weight excluding hydrogens is 188 g/mol. The molecule has 0 aliphatic carbocycles. The van der Waals surface area contributed by atoms with Gasteiger partial charge in [-0.3, -0.25) is 4.79 Å². The lowest BCUT2D eigenvalue weighted by atomic mass is 9.79. The van der Waals surface area contributed by atoms with Crippen LogP contribution in [-0.4, -0.2) is 31.5 Å². The highest BCUT2D eigenvalue weighted by Gasteiger charge is 2.36. The molecule has 2 N–H and O–H groups in total. The summed E-state index contributed by atoms with van der Waals surface area (Å²) in [5.41, 5.74) is 0. The molecule has 0 aromatic rings. The minimum atomic E-state index is 0.165. The Morgan fingerprint density at radius 2 is 1.93 bits per heavy atom. The van der Waals surface area contributed by atoms with Gasteiger partial charge in [0.25, 0.3) is 0 Å². The minimum Gasteiger partial charge on any atom is -0.317 e. The van der Waals surface area contributed by atoms with Gasteiger partial charge in [-0.25, -0.2) is 0 Å². The smallest absolute Gasteiger partial charge is 0.149 e. The first-order valence-electron chi connectivity index (χ1n) is 6.29. The van der Waals surface area contributed by atoms with Crippen LogP contribution in [0, 0.1) is 11.8 Å². The van der Waals surface area contributed by atoms with Crippen LogP contribution in [-0.2, 0) is 4.79 Å². The lowest BCUT2D eigenvalue weighted by Crippen LogP contribution is -2.41. The molecule has 2 atom stereocenters. The zero-order valence-corrected chi connectivity index (χ0v) is 9.59. The molecule has 0 saturated carbocycles. The molecule has 86 valence electrons. The van der Waals surface area contributed by atoms with E-state index < -0.39 is 0 Å². The van der Waals surface area contributed by atoms with Crippen molar-refractivity contribution in [2.75, 3.05) is 19.6 Å². The normalized spacial score (nSPS) is 33.1. The number of piperidine rings is 1. The van der Waals surface area contributed by atoms with E-state index in [1.54, 1.807) is 0 Å². The Hall–Kier alpha value is -0.410. The van der Waals surface area contributed by atoms with Gasteiger partial charge in [0.2, 0.25) is 0 Å². The first kappa shape index (κ1) is 11.1. The maximum Gasteiger partial charge on any atom is 0.149 e. The average Bonchev–Trinajstić information content (AvgIpc) is 2.78. The number of rotatable bonds is 3. The Bertz CT molecular complexity index is 224. The lowest BCUT2D eigenvalue weighted by molar-refractivity contribution is -0.121. The molecule has 0 spiro atoms. The molecule has 2 fully saturated rings. The molecule has 0 aromatic heterocycles. The number of nitrogens with one attached hydrogen (secondary N) is 2. The third kappa shape index (κ3) is 2.40.